The molecular formula is C18H22N4O2. The highest BCUT2D eigenvalue weighted by molar-refractivity contribution is 6.01. The number of likely N-dealkylation sites (N-methyl/N-ethyl adjacent to an activating group) is 1. The van der Waals surface area contributed by atoms with Crippen molar-refractivity contribution < 1.29 is 9.59 Å². The van der Waals surface area contributed by atoms with Crippen LogP contribution in [0, 0.1) is 13.8 Å². The van der Waals surface area contributed by atoms with Crippen molar-refractivity contribution in [1.29, 1.82) is 0 Å². The van der Waals surface area contributed by atoms with Gasteiger partial charge in [0.05, 0.1) is 12.2 Å². The van der Waals surface area contributed by atoms with E-state index in [9.17, 15) is 9.59 Å². The Labute approximate surface area is 141 Å². The number of aromatic nitrogens is 2. The average molecular weight is 326 g/mol. The summed E-state index contributed by atoms with van der Waals surface area (Å²) in [5.74, 6) is -0.349. The SMILES string of the molecule is C=CC(=O)N(C)c1ccc(C(=O)NCCn2nc(C)cc2C)cc1. The molecule has 0 aliphatic carbocycles. The maximum atomic E-state index is 12.2. The van der Waals surface area contributed by atoms with Crippen LogP contribution in [0.2, 0.25) is 0 Å². The molecule has 0 atom stereocenters. The van der Waals surface area contributed by atoms with Crippen LogP contribution in [-0.4, -0.2) is 35.2 Å². The molecule has 24 heavy (non-hydrogen) atoms. The molecule has 0 aliphatic rings. The van der Waals surface area contributed by atoms with E-state index in [2.05, 4.69) is 17.0 Å². The fraction of sp³-hybridized carbons (Fsp3) is 0.278. The van der Waals surface area contributed by atoms with Crippen LogP contribution in [0.1, 0.15) is 21.7 Å². The van der Waals surface area contributed by atoms with Gasteiger partial charge in [0.15, 0.2) is 0 Å². The lowest BCUT2D eigenvalue weighted by atomic mass is 10.2. The van der Waals surface area contributed by atoms with Crippen molar-refractivity contribution in [1.82, 2.24) is 15.1 Å². The van der Waals surface area contributed by atoms with Crippen molar-refractivity contribution in [2.45, 2.75) is 20.4 Å². The van der Waals surface area contributed by atoms with Crippen LogP contribution in [0.25, 0.3) is 0 Å². The fourth-order valence-electron chi connectivity index (χ4n) is 2.38. The maximum Gasteiger partial charge on any atom is 0.251 e. The third-order valence-corrected chi connectivity index (χ3v) is 3.73. The van der Waals surface area contributed by atoms with Gasteiger partial charge in [-0.2, -0.15) is 5.10 Å². The summed E-state index contributed by atoms with van der Waals surface area (Å²) in [6.07, 6.45) is 1.25. The molecular weight excluding hydrogens is 304 g/mol. The van der Waals surface area contributed by atoms with Crippen molar-refractivity contribution in [3.8, 4) is 0 Å². The number of nitrogens with zero attached hydrogens (tertiary/aromatic N) is 3. The Kier molecular flexibility index (Phi) is 5.52. The highest BCUT2D eigenvalue weighted by atomic mass is 16.2. The number of amides is 2. The molecule has 2 aromatic rings. The number of rotatable bonds is 6. The first kappa shape index (κ1) is 17.5. The summed E-state index contributed by atoms with van der Waals surface area (Å²) in [5.41, 5.74) is 3.29. The van der Waals surface area contributed by atoms with E-state index in [1.807, 2.05) is 24.6 Å². The summed E-state index contributed by atoms with van der Waals surface area (Å²) >= 11 is 0. The Hall–Kier alpha value is -2.89. The zero-order valence-corrected chi connectivity index (χ0v) is 14.2. The Morgan fingerprint density at radius 3 is 2.50 bits per heavy atom. The number of anilines is 1. The van der Waals surface area contributed by atoms with E-state index in [1.165, 1.54) is 11.0 Å². The second kappa shape index (κ2) is 7.59. The standard InChI is InChI=1S/C18H22N4O2/c1-5-17(23)21(4)16-8-6-15(7-9-16)18(24)19-10-11-22-14(3)12-13(2)20-22/h5-9,12H,1,10-11H2,2-4H3,(H,19,24). The normalized spacial score (nSPS) is 10.3. The van der Waals surface area contributed by atoms with Gasteiger partial charge >= 0.3 is 0 Å². The zero-order chi connectivity index (χ0) is 17.7. The van der Waals surface area contributed by atoms with E-state index in [4.69, 9.17) is 0 Å². The van der Waals surface area contributed by atoms with E-state index in [0.717, 1.165) is 11.4 Å². The van der Waals surface area contributed by atoms with Gasteiger partial charge < -0.3 is 10.2 Å². The Morgan fingerprint density at radius 2 is 1.96 bits per heavy atom. The van der Waals surface area contributed by atoms with Gasteiger partial charge in [0.25, 0.3) is 5.91 Å². The minimum atomic E-state index is -0.197. The number of aryl methyl sites for hydroxylation is 2. The predicted molar refractivity (Wildman–Crippen MR) is 94.1 cm³/mol. The minimum absolute atomic E-state index is 0.152. The number of carbonyl (C=O) groups excluding carboxylic acids is 2. The molecule has 0 unspecified atom stereocenters. The van der Waals surface area contributed by atoms with Crippen LogP contribution in [0.3, 0.4) is 0 Å². The topological polar surface area (TPSA) is 67.2 Å². The molecule has 0 saturated heterocycles. The van der Waals surface area contributed by atoms with Gasteiger partial charge in [0.1, 0.15) is 0 Å². The van der Waals surface area contributed by atoms with Gasteiger partial charge in [-0.15, -0.1) is 0 Å². The summed E-state index contributed by atoms with van der Waals surface area (Å²) in [5, 5.41) is 7.23. The van der Waals surface area contributed by atoms with Gasteiger partial charge in [0, 0.05) is 30.5 Å². The predicted octanol–water partition coefficient (Wildman–Crippen LogP) is 2.08. The van der Waals surface area contributed by atoms with E-state index in [1.54, 1.807) is 31.3 Å². The first-order chi connectivity index (χ1) is 11.4. The molecule has 0 bridgehead atoms. The minimum Gasteiger partial charge on any atom is -0.350 e. The summed E-state index contributed by atoms with van der Waals surface area (Å²) in [4.78, 5) is 25.2. The summed E-state index contributed by atoms with van der Waals surface area (Å²) in [6, 6.07) is 8.86. The van der Waals surface area contributed by atoms with E-state index >= 15 is 0 Å². The van der Waals surface area contributed by atoms with Crippen molar-refractivity contribution in [2.75, 3.05) is 18.5 Å². The average Bonchev–Trinajstić information content (AvgIpc) is 2.91. The number of carbonyl (C=O) groups is 2. The number of hydrogen-bond donors (Lipinski definition) is 1. The molecule has 0 spiro atoms. The number of nitrogens with one attached hydrogen (secondary N) is 1. The molecule has 1 aromatic carbocycles. The maximum absolute atomic E-state index is 12.2. The van der Waals surface area contributed by atoms with Crippen molar-refractivity contribution in [3.05, 3.63) is 59.9 Å². The van der Waals surface area contributed by atoms with Crippen LogP contribution in [-0.2, 0) is 11.3 Å². The van der Waals surface area contributed by atoms with Crippen LogP contribution in [0.4, 0.5) is 5.69 Å². The van der Waals surface area contributed by atoms with Gasteiger partial charge in [-0.1, -0.05) is 6.58 Å². The largest absolute Gasteiger partial charge is 0.350 e. The first-order valence-corrected chi connectivity index (χ1v) is 7.72. The number of hydrogen-bond acceptors (Lipinski definition) is 3. The Balaban J connectivity index is 1.91. The molecule has 0 radical (unpaired) electrons. The summed E-state index contributed by atoms with van der Waals surface area (Å²) < 4.78 is 1.87. The Bertz CT molecular complexity index is 747. The summed E-state index contributed by atoms with van der Waals surface area (Å²) in [7, 11) is 1.66. The lowest BCUT2D eigenvalue weighted by molar-refractivity contribution is -0.113. The third kappa shape index (κ3) is 4.10. The fourth-order valence-corrected chi connectivity index (χ4v) is 2.38. The van der Waals surface area contributed by atoms with Gasteiger partial charge in [-0.3, -0.25) is 14.3 Å². The molecule has 6 heteroatoms. The van der Waals surface area contributed by atoms with Gasteiger partial charge in [-0.25, -0.2) is 0 Å². The highest BCUT2D eigenvalue weighted by Crippen LogP contribution is 2.14. The van der Waals surface area contributed by atoms with Crippen molar-refractivity contribution in [2.24, 2.45) is 0 Å². The van der Waals surface area contributed by atoms with Crippen molar-refractivity contribution in [3.63, 3.8) is 0 Å². The molecule has 6 nitrogen and oxygen atoms in total. The highest BCUT2D eigenvalue weighted by Gasteiger charge is 2.09. The lowest BCUT2D eigenvalue weighted by Gasteiger charge is -2.15. The van der Waals surface area contributed by atoms with Gasteiger partial charge in [-0.05, 0) is 50.3 Å². The van der Waals surface area contributed by atoms with Gasteiger partial charge in [0.2, 0.25) is 5.91 Å². The molecule has 1 heterocycles. The van der Waals surface area contributed by atoms with Crippen molar-refractivity contribution >= 4 is 17.5 Å². The zero-order valence-electron chi connectivity index (χ0n) is 14.2. The first-order valence-electron chi connectivity index (χ1n) is 7.72. The molecule has 2 rings (SSSR count). The van der Waals surface area contributed by atoms with Crippen LogP contribution < -0.4 is 10.2 Å². The van der Waals surface area contributed by atoms with Crippen LogP contribution in [0.5, 0.6) is 0 Å². The van der Waals surface area contributed by atoms with Crippen LogP contribution in [0.15, 0.2) is 43.0 Å². The second-order valence-electron chi connectivity index (χ2n) is 5.55. The molecule has 2 amide bonds. The van der Waals surface area contributed by atoms with E-state index in [-0.39, 0.29) is 11.8 Å². The van der Waals surface area contributed by atoms with Crippen LogP contribution >= 0.6 is 0 Å². The molecule has 1 aromatic heterocycles. The molecule has 0 saturated carbocycles. The number of benzene rings is 1. The van der Waals surface area contributed by atoms with E-state index < -0.39 is 0 Å². The Morgan fingerprint density at radius 1 is 1.29 bits per heavy atom. The quantitative estimate of drug-likeness (QED) is 0.827. The third-order valence-electron chi connectivity index (χ3n) is 3.73. The molecule has 0 aliphatic heterocycles. The smallest absolute Gasteiger partial charge is 0.251 e. The molecule has 0 fully saturated rings. The second-order valence-corrected chi connectivity index (χ2v) is 5.55. The lowest BCUT2D eigenvalue weighted by Crippen LogP contribution is -2.28. The van der Waals surface area contributed by atoms with E-state index in [0.29, 0.717) is 24.3 Å². The monoisotopic (exact) mass is 326 g/mol. The summed E-state index contributed by atoms with van der Waals surface area (Å²) in [6.45, 7) is 8.51. The molecule has 1 N–H and O–H groups in total. The molecule has 126 valence electrons.